The van der Waals surface area contributed by atoms with Crippen LogP contribution in [0.2, 0.25) is 0 Å². The highest BCUT2D eigenvalue weighted by Crippen LogP contribution is 2.25. The largest absolute Gasteiger partial charge is 0.346 e. The summed E-state index contributed by atoms with van der Waals surface area (Å²) in [4.78, 5) is 11.6. The highest BCUT2D eigenvalue weighted by molar-refractivity contribution is 5.84. The summed E-state index contributed by atoms with van der Waals surface area (Å²) in [6, 6.07) is 18.3. The monoisotopic (exact) mass is 325 g/mol. The average Bonchev–Trinajstić information content (AvgIpc) is 3.31. The predicted molar refractivity (Wildman–Crippen MR) is 95.8 cm³/mol. The lowest BCUT2D eigenvalue weighted by Gasteiger charge is -2.02. The van der Waals surface area contributed by atoms with Crippen LogP contribution < -0.4 is 0 Å². The standard InChI is InChI=1S/C19H13N6/c20-8-2-9-21-15-4-1-3-14(13-15)17-7-12-25(24-17)18-6-11-23-19-16(18)5-10-22-19/h1,3-7,10-13H,2H2,(H,22,23)/q+1. The van der Waals surface area contributed by atoms with Gasteiger partial charge in [-0.2, -0.15) is 10.4 Å². The second-order valence-electron chi connectivity index (χ2n) is 5.37. The fraction of sp³-hybridized carbons (Fsp3) is 0.0526. The fourth-order valence-corrected chi connectivity index (χ4v) is 2.66. The first-order valence-corrected chi connectivity index (χ1v) is 7.74. The van der Waals surface area contributed by atoms with E-state index in [0.717, 1.165) is 33.7 Å². The number of rotatable bonds is 2. The lowest BCUT2D eigenvalue weighted by atomic mass is 10.1. The molecule has 0 fully saturated rings. The van der Waals surface area contributed by atoms with E-state index < -0.39 is 0 Å². The van der Waals surface area contributed by atoms with Crippen molar-refractivity contribution >= 4 is 16.7 Å². The van der Waals surface area contributed by atoms with E-state index in [2.05, 4.69) is 26.0 Å². The van der Waals surface area contributed by atoms with Crippen molar-refractivity contribution in [3.63, 3.8) is 0 Å². The number of H-pyrrole nitrogens is 1. The van der Waals surface area contributed by atoms with Crippen LogP contribution in [-0.2, 0) is 0 Å². The van der Waals surface area contributed by atoms with Crippen LogP contribution in [0, 0.1) is 17.4 Å². The maximum Gasteiger partial charge on any atom is 0.340 e. The van der Waals surface area contributed by atoms with E-state index in [0.29, 0.717) is 0 Å². The molecule has 0 aliphatic carbocycles. The molecule has 0 amide bonds. The van der Waals surface area contributed by atoms with Crippen LogP contribution in [-0.4, -0.2) is 19.7 Å². The molecule has 25 heavy (non-hydrogen) atoms. The van der Waals surface area contributed by atoms with Gasteiger partial charge in [-0.15, -0.1) is 0 Å². The summed E-state index contributed by atoms with van der Waals surface area (Å²) in [5, 5.41) is 14.2. The molecule has 0 radical (unpaired) electrons. The number of pyridine rings is 1. The molecule has 118 valence electrons. The Kier molecular flexibility index (Phi) is 3.70. The van der Waals surface area contributed by atoms with E-state index in [1.807, 2.05) is 65.6 Å². The molecule has 0 bridgehead atoms. The topological polar surface area (TPSA) is 74.7 Å². The Morgan fingerprint density at radius 3 is 3.08 bits per heavy atom. The van der Waals surface area contributed by atoms with Gasteiger partial charge in [-0.1, -0.05) is 12.1 Å². The molecule has 4 rings (SSSR count). The van der Waals surface area contributed by atoms with Crippen LogP contribution in [0.15, 0.2) is 61.1 Å². The van der Waals surface area contributed by atoms with Crippen LogP contribution >= 0.6 is 0 Å². The molecule has 0 aliphatic heterocycles. The van der Waals surface area contributed by atoms with Crippen LogP contribution in [0.5, 0.6) is 0 Å². The summed E-state index contributed by atoms with van der Waals surface area (Å²) in [5.41, 5.74) is 4.35. The van der Waals surface area contributed by atoms with Crippen molar-refractivity contribution in [3.8, 4) is 29.1 Å². The highest BCUT2D eigenvalue weighted by atomic mass is 15.3. The first kappa shape index (κ1) is 14.7. The molecule has 0 atom stereocenters. The van der Waals surface area contributed by atoms with Gasteiger partial charge >= 0.3 is 5.69 Å². The van der Waals surface area contributed by atoms with Crippen molar-refractivity contribution in [2.24, 2.45) is 0 Å². The van der Waals surface area contributed by atoms with E-state index in [9.17, 15) is 0 Å². The third kappa shape index (κ3) is 2.85. The lowest BCUT2D eigenvalue weighted by Crippen LogP contribution is -1.96. The van der Waals surface area contributed by atoms with Crippen molar-refractivity contribution in [2.75, 3.05) is 0 Å². The second kappa shape index (κ2) is 6.31. The third-order valence-electron chi connectivity index (χ3n) is 3.78. The zero-order chi connectivity index (χ0) is 17.1. The maximum atomic E-state index is 8.56. The number of nitriles is 1. The van der Waals surface area contributed by atoms with E-state index in [1.165, 1.54) is 0 Å². The minimum atomic E-state index is 0.174. The molecule has 0 aliphatic rings. The molecule has 1 N–H and O–H groups in total. The van der Waals surface area contributed by atoms with Crippen molar-refractivity contribution in [3.05, 3.63) is 65.9 Å². The normalized spacial score (nSPS) is 10.2. The minimum absolute atomic E-state index is 0.174. The van der Waals surface area contributed by atoms with Crippen LogP contribution in [0.1, 0.15) is 6.42 Å². The van der Waals surface area contributed by atoms with Gasteiger partial charge in [0.15, 0.2) is 6.42 Å². The Balaban J connectivity index is 1.71. The molecule has 3 heterocycles. The van der Waals surface area contributed by atoms with Gasteiger partial charge in [-0.05, 0) is 23.0 Å². The number of hydrogen-bond acceptors (Lipinski definition) is 3. The van der Waals surface area contributed by atoms with Crippen LogP contribution in [0.3, 0.4) is 0 Å². The van der Waals surface area contributed by atoms with E-state index in [4.69, 9.17) is 5.26 Å². The Morgan fingerprint density at radius 2 is 2.16 bits per heavy atom. The first-order chi connectivity index (χ1) is 12.3. The van der Waals surface area contributed by atoms with Gasteiger partial charge in [0.2, 0.25) is 0 Å². The fourth-order valence-electron chi connectivity index (χ4n) is 2.66. The zero-order valence-electron chi connectivity index (χ0n) is 13.2. The van der Waals surface area contributed by atoms with E-state index >= 15 is 0 Å². The summed E-state index contributed by atoms with van der Waals surface area (Å²) < 4.78 is 1.84. The molecule has 4 aromatic rings. The lowest BCUT2D eigenvalue weighted by molar-refractivity contribution is 0.890. The Hall–Kier alpha value is -3.90. The molecule has 0 saturated heterocycles. The van der Waals surface area contributed by atoms with Gasteiger partial charge < -0.3 is 4.98 Å². The molecule has 0 unspecified atom stereocenters. The Morgan fingerprint density at radius 1 is 1.20 bits per heavy atom. The van der Waals surface area contributed by atoms with Crippen molar-refractivity contribution in [1.82, 2.24) is 19.7 Å². The molecule has 0 spiro atoms. The van der Waals surface area contributed by atoms with Crippen LogP contribution in [0.4, 0.5) is 5.69 Å². The molecule has 3 aromatic heterocycles. The maximum absolute atomic E-state index is 8.56. The van der Waals surface area contributed by atoms with Crippen LogP contribution in [0.25, 0.3) is 32.8 Å². The smallest absolute Gasteiger partial charge is 0.340 e. The number of benzene rings is 1. The Bertz CT molecular complexity index is 1150. The SMILES string of the molecule is N#CCC#[N+]c1cccc(-c2ccn(-c3ccnc4[nH]ccc34)n2)c1. The molecule has 1 aromatic carbocycles. The Labute approximate surface area is 143 Å². The molecule has 6 nitrogen and oxygen atoms in total. The van der Waals surface area contributed by atoms with E-state index in [1.54, 1.807) is 6.20 Å². The number of aromatic nitrogens is 4. The van der Waals surface area contributed by atoms with E-state index in [-0.39, 0.29) is 6.42 Å². The summed E-state index contributed by atoms with van der Waals surface area (Å²) in [6.07, 6.45) is 5.73. The van der Waals surface area contributed by atoms with Crippen molar-refractivity contribution in [1.29, 1.82) is 5.26 Å². The average molecular weight is 325 g/mol. The summed E-state index contributed by atoms with van der Waals surface area (Å²) >= 11 is 0. The number of nitrogens with one attached hydrogen (secondary N) is 1. The molecule has 0 saturated carbocycles. The molecular weight excluding hydrogens is 312 g/mol. The highest BCUT2D eigenvalue weighted by Gasteiger charge is 2.10. The summed E-state index contributed by atoms with van der Waals surface area (Å²) in [5.74, 6) is 0. The molecule has 6 heteroatoms. The zero-order valence-corrected chi connectivity index (χ0v) is 13.2. The predicted octanol–water partition coefficient (Wildman–Crippen LogP) is 4.29. The number of nitrogens with zero attached hydrogens (tertiary/aromatic N) is 5. The van der Waals surface area contributed by atoms with Gasteiger partial charge in [-0.3, -0.25) is 0 Å². The van der Waals surface area contributed by atoms with Gasteiger partial charge in [0.1, 0.15) is 5.65 Å². The summed E-state index contributed by atoms with van der Waals surface area (Å²) in [7, 11) is 0. The van der Waals surface area contributed by atoms with Gasteiger partial charge in [0.05, 0.1) is 17.5 Å². The summed E-state index contributed by atoms with van der Waals surface area (Å²) in [6.45, 7) is 0. The number of hydrogen-bond donors (Lipinski definition) is 1. The van der Waals surface area contributed by atoms with Crippen molar-refractivity contribution in [2.45, 2.75) is 6.42 Å². The quantitative estimate of drug-likeness (QED) is 0.597. The number of fused-ring (bicyclic) bond motifs is 1. The molecular formula is C19H13N6+. The minimum Gasteiger partial charge on any atom is -0.346 e. The van der Waals surface area contributed by atoms with Gasteiger partial charge in [0, 0.05) is 41.7 Å². The first-order valence-electron chi connectivity index (χ1n) is 7.74. The van der Waals surface area contributed by atoms with Gasteiger partial charge in [0.25, 0.3) is 6.07 Å². The second-order valence-corrected chi connectivity index (χ2v) is 5.37. The third-order valence-corrected chi connectivity index (χ3v) is 3.78. The van der Waals surface area contributed by atoms with Gasteiger partial charge in [-0.25, -0.2) is 9.67 Å². The van der Waals surface area contributed by atoms with Crippen molar-refractivity contribution < 1.29 is 0 Å². The number of aromatic amines is 1.